The molecule has 0 spiro atoms. The number of thioether (sulfide) groups is 1. The van der Waals surface area contributed by atoms with E-state index in [-0.39, 0.29) is 17.3 Å². The standard InChI is InChI=1S/C22H26N4O4S2/c1-15-24-20(30-25-15)14-31-18-11-7-6-10-17(18)21(27)23-13-16-9-5-8-12-19(16)32(28,29)26-22(2,3)4/h5-12,26H,13-14H2,1-4H3,(H,23,27). The second-order valence-electron chi connectivity index (χ2n) is 8.17. The zero-order chi connectivity index (χ0) is 23.4. The quantitative estimate of drug-likeness (QED) is 0.479. The van der Waals surface area contributed by atoms with E-state index in [4.69, 9.17) is 4.52 Å². The predicted molar refractivity (Wildman–Crippen MR) is 123 cm³/mol. The Hall–Kier alpha value is -2.69. The van der Waals surface area contributed by atoms with Crippen molar-refractivity contribution >= 4 is 27.7 Å². The van der Waals surface area contributed by atoms with Crippen molar-refractivity contribution in [1.29, 1.82) is 0 Å². The van der Waals surface area contributed by atoms with Crippen molar-refractivity contribution < 1.29 is 17.7 Å². The Morgan fingerprint density at radius 3 is 2.47 bits per heavy atom. The fourth-order valence-corrected chi connectivity index (χ4v) is 5.51. The molecule has 2 aromatic carbocycles. The van der Waals surface area contributed by atoms with Gasteiger partial charge in [-0.05, 0) is 51.5 Å². The molecule has 1 amide bonds. The third-order valence-electron chi connectivity index (χ3n) is 4.19. The number of carbonyl (C=O) groups excluding carboxylic acids is 1. The number of carbonyl (C=O) groups is 1. The first-order chi connectivity index (χ1) is 15.0. The number of nitrogens with zero attached hydrogens (tertiary/aromatic N) is 2. The summed E-state index contributed by atoms with van der Waals surface area (Å²) in [5, 5.41) is 6.60. The van der Waals surface area contributed by atoms with E-state index in [1.54, 1.807) is 58.0 Å². The minimum absolute atomic E-state index is 0.0713. The van der Waals surface area contributed by atoms with Crippen LogP contribution in [0.1, 0.15) is 48.4 Å². The van der Waals surface area contributed by atoms with Crippen LogP contribution in [0.4, 0.5) is 0 Å². The summed E-state index contributed by atoms with van der Waals surface area (Å²) in [6.45, 7) is 7.15. The molecule has 0 aliphatic carbocycles. The Morgan fingerprint density at radius 1 is 1.09 bits per heavy atom. The maximum absolute atomic E-state index is 12.9. The number of nitrogens with one attached hydrogen (secondary N) is 2. The minimum atomic E-state index is -3.74. The Labute approximate surface area is 192 Å². The van der Waals surface area contributed by atoms with Crippen LogP contribution in [0.3, 0.4) is 0 Å². The molecule has 0 atom stereocenters. The molecule has 3 aromatic rings. The van der Waals surface area contributed by atoms with Crippen LogP contribution in [-0.4, -0.2) is 30.0 Å². The highest BCUT2D eigenvalue weighted by molar-refractivity contribution is 7.98. The Bertz CT molecular complexity index is 1200. The second-order valence-corrected chi connectivity index (χ2v) is 10.8. The topological polar surface area (TPSA) is 114 Å². The average Bonchev–Trinajstić information content (AvgIpc) is 3.14. The van der Waals surface area contributed by atoms with Gasteiger partial charge in [0.05, 0.1) is 16.2 Å². The molecule has 0 bridgehead atoms. The van der Waals surface area contributed by atoms with Crippen LogP contribution in [0, 0.1) is 6.92 Å². The summed E-state index contributed by atoms with van der Waals surface area (Å²) in [7, 11) is -3.74. The van der Waals surface area contributed by atoms with Crippen LogP contribution in [0.15, 0.2) is 62.8 Å². The lowest BCUT2D eigenvalue weighted by atomic mass is 10.1. The van der Waals surface area contributed by atoms with Gasteiger partial charge in [0.25, 0.3) is 5.91 Å². The van der Waals surface area contributed by atoms with Gasteiger partial charge in [-0.25, -0.2) is 13.1 Å². The van der Waals surface area contributed by atoms with E-state index >= 15 is 0 Å². The molecule has 1 aromatic heterocycles. The fourth-order valence-electron chi connectivity index (χ4n) is 2.96. The molecule has 32 heavy (non-hydrogen) atoms. The van der Waals surface area contributed by atoms with Gasteiger partial charge in [-0.15, -0.1) is 11.8 Å². The molecule has 0 saturated heterocycles. The number of aromatic nitrogens is 2. The molecular weight excluding hydrogens is 448 g/mol. The molecule has 0 unspecified atom stereocenters. The number of amides is 1. The number of benzene rings is 2. The lowest BCUT2D eigenvalue weighted by molar-refractivity contribution is 0.0947. The zero-order valence-electron chi connectivity index (χ0n) is 18.4. The molecule has 170 valence electrons. The first-order valence-corrected chi connectivity index (χ1v) is 12.4. The van der Waals surface area contributed by atoms with Crippen molar-refractivity contribution in [2.45, 2.75) is 55.3 Å². The molecule has 0 fully saturated rings. The summed E-state index contributed by atoms with van der Waals surface area (Å²) in [5.41, 5.74) is 0.369. The smallest absolute Gasteiger partial charge is 0.252 e. The maximum Gasteiger partial charge on any atom is 0.252 e. The molecule has 3 rings (SSSR count). The van der Waals surface area contributed by atoms with E-state index < -0.39 is 15.6 Å². The largest absolute Gasteiger partial charge is 0.348 e. The first kappa shape index (κ1) is 24.0. The molecule has 0 aliphatic rings. The highest BCUT2D eigenvalue weighted by Gasteiger charge is 2.24. The van der Waals surface area contributed by atoms with Crippen molar-refractivity contribution in [3.8, 4) is 0 Å². The summed E-state index contributed by atoms with van der Waals surface area (Å²) in [4.78, 5) is 18.0. The lowest BCUT2D eigenvalue weighted by Crippen LogP contribution is -2.41. The van der Waals surface area contributed by atoms with Gasteiger partial charge in [0.1, 0.15) is 0 Å². The van der Waals surface area contributed by atoms with E-state index in [1.807, 2.05) is 12.1 Å². The van der Waals surface area contributed by atoms with Gasteiger partial charge < -0.3 is 9.84 Å². The van der Waals surface area contributed by atoms with E-state index in [9.17, 15) is 13.2 Å². The highest BCUT2D eigenvalue weighted by Crippen LogP contribution is 2.26. The van der Waals surface area contributed by atoms with E-state index in [0.29, 0.717) is 28.6 Å². The van der Waals surface area contributed by atoms with Gasteiger partial charge in [-0.1, -0.05) is 35.5 Å². The summed E-state index contributed by atoms with van der Waals surface area (Å²) in [6, 6.07) is 13.8. The number of hydrogen-bond acceptors (Lipinski definition) is 7. The molecular formula is C22H26N4O4S2. The van der Waals surface area contributed by atoms with Crippen molar-refractivity contribution in [3.05, 3.63) is 71.4 Å². The van der Waals surface area contributed by atoms with Crippen LogP contribution in [0.5, 0.6) is 0 Å². The Morgan fingerprint density at radius 2 is 1.78 bits per heavy atom. The molecule has 0 aliphatic heterocycles. The van der Waals surface area contributed by atoms with Crippen LogP contribution in [0.25, 0.3) is 0 Å². The normalized spacial score (nSPS) is 12.0. The van der Waals surface area contributed by atoms with E-state index in [1.165, 1.54) is 17.8 Å². The van der Waals surface area contributed by atoms with Crippen LogP contribution in [-0.2, 0) is 22.3 Å². The third-order valence-corrected chi connectivity index (χ3v) is 7.11. The zero-order valence-corrected chi connectivity index (χ0v) is 20.0. The Balaban J connectivity index is 1.73. The number of aryl methyl sites for hydroxylation is 1. The van der Waals surface area contributed by atoms with Gasteiger partial charge >= 0.3 is 0 Å². The number of hydrogen-bond donors (Lipinski definition) is 2. The first-order valence-electron chi connectivity index (χ1n) is 9.96. The van der Waals surface area contributed by atoms with Crippen molar-refractivity contribution in [2.24, 2.45) is 0 Å². The summed E-state index contributed by atoms with van der Waals surface area (Å²) < 4.78 is 33.4. The van der Waals surface area contributed by atoms with Crippen molar-refractivity contribution in [1.82, 2.24) is 20.2 Å². The molecule has 0 saturated carbocycles. The monoisotopic (exact) mass is 474 g/mol. The lowest BCUT2D eigenvalue weighted by Gasteiger charge is -2.21. The molecule has 2 N–H and O–H groups in total. The molecule has 10 heteroatoms. The van der Waals surface area contributed by atoms with Crippen LogP contribution >= 0.6 is 11.8 Å². The third kappa shape index (κ3) is 6.41. The van der Waals surface area contributed by atoms with Crippen molar-refractivity contribution in [2.75, 3.05) is 0 Å². The highest BCUT2D eigenvalue weighted by atomic mass is 32.2. The fraction of sp³-hybridized carbons (Fsp3) is 0.318. The molecule has 0 radical (unpaired) electrons. The maximum atomic E-state index is 12.9. The second kappa shape index (κ2) is 9.85. The van der Waals surface area contributed by atoms with Gasteiger partial charge in [-0.3, -0.25) is 4.79 Å². The van der Waals surface area contributed by atoms with Gasteiger partial charge in [0.2, 0.25) is 15.9 Å². The van der Waals surface area contributed by atoms with Gasteiger partial charge in [0, 0.05) is 17.0 Å². The minimum Gasteiger partial charge on any atom is -0.348 e. The Kier molecular flexibility index (Phi) is 7.37. The van der Waals surface area contributed by atoms with Crippen LogP contribution in [0.2, 0.25) is 0 Å². The van der Waals surface area contributed by atoms with E-state index in [2.05, 4.69) is 20.2 Å². The number of sulfonamides is 1. The molecule has 8 nitrogen and oxygen atoms in total. The van der Waals surface area contributed by atoms with Crippen molar-refractivity contribution in [3.63, 3.8) is 0 Å². The molecule has 1 heterocycles. The van der Waals surface area contributed by atoms with Gasteiger partial charge in [0.15, 0.2) is 5.82 Å². The van der Waals surface area contributed by atoms with Gasteiger partial charge in [-0.2, -0.15) is 4.98 Å². The summed E-state index contributed by atoms with van der Waals surface area (Å²) >= 11 is 1.41. The average molecular weight is 475 g/mol. The SMILES string of the molecule is Cc1noc(CSc2ccccc2C(=O)NCc2ccccc2S(=O)(=O)NC(C)(C)C)n1. The van der Waals surface area contributed by atoms with Crippen LogP contribution < -0.4 is 10.0 Å². The number of rotatable bonds is 8. The van der Waals surface area contributed by atoms with E-state index in [0.717, 1.165) is 4.90 Å². The summed E-state index contributed by atoms with van der Waals surface area (Å²) in [5.74, 6) is 1.17. The predicted octanol–water partition coefficient (Wildman–Crippen LogP) is 3.68. The summed E-state index contributed by atoms with van der Waals surface area (Å²) in [6.07, 6.45) is 0.